The van der Waals surface area contributed by atoms with Crippen molar-refractivity contribution < 1.29 is 8.78 Å². The van der Waals surface area contributed by atoms with Gasteiger partial charge in [-0.3, -0.25) is 0 Å². The van der Waals surface area contributed by atoms with Gasteiger partial charge in [0.2, 0.25) is 5.28 Å². The largest absolute Gasteiger partial charge is 0.223 e. The van der Waals surface area contributed by atoms with Crippen molar-refractivity contribution in [2.45, 2.75) is 0 Å². The number of aromatic nitrogens is 2. The van der Waals surface area contributed by atoms with Crippen LogP contribution in [-0.2, 0) is 0 Å². The summed E-state index contributed by atoms with van der Waals surface area (Å²) in [5.41, 5.74) is -0.116. The highest BCUT2D eigenvalue weighted by Crippen LogP contribution is 2.27. The van der Waals surface area contributed by atoms with Crippen molar-refractivity contribution in [1.29, 1.82) is 0 Å². The first kappa shape index (κ1) is 11.4. The van der Waals surface area contributed by atoms with Crippen LogP contribution in [0.2, 0.25) is 5.28 Å². The molecule has 0 spiro atoms. The molecule has 0 saturated carbocycles. The van der Waals surface area contributed by atoms with Gasteiger partial charge in [-0.05, 0) is 29.8 Å². The van der Waals surface area contributed by atoms with E-state index in [-0.39, 0.29) is 16.5 Å². The Morgan fingerprint density at radius 2 is 1.94 bits per heavy atom. The fourth-order valence-electron chi connectivity index (χ4n) is 1.21. The maximum Gasteiger partial charge on any atom is 0.223 e. The van der Waals surface area contributed by atoms with Gasteiger partial charge in [-0.1, -0.05) is 15.9 Å². The minimum Gasteiger partial charge on any atom is -0.223 e. The second kappa shape index (κ2) is 4.43. The van der Waals surface area contributed by atoms with Crippen LogP contribution in [0.3, 0.4) is 0 Å². The summed E-state index contributed by atoms with van der Waals surface area (Å²) in [5.74, 6) is -1.29. The molecule has 1 aromatic carbocycles. The van der Waals surface area contributed by atoms with E-state index in [4.69, 9.17) is 11.6 Å². The van der Waals surface area contributed by atoms with Crippen molar-refractivity contribution in [3.63, 3.8) is 0 Å². The van der Waals surface area contributed by atoms with Gasteiger partial charge in [0.05, 0.1) is 6.20 Å². The molecule has 0 unspecified atom stereocenters. The minimum absolute atomic E-state index is 0.0381. The number of halogens is 4. The molecule has 82 valence electrons. The van der Waals surface area contributed by atoms with Crippen LogP contribution < -0.4 is 0 Å². The lowest BCUT2D eigenvalue weighted by molar-refractivity contribution is 0.606. The molecule has 6 heteroatoms. The van der Waals surface area contributed by atoms with Crippen molar-refractivity contribution >= 4 is 27.5 Å². The molecular formula is C10H4BrClF2N2. The summed E-state index contributed by atoms with van der Waals surface area (Å²) in [5, 5.41) is -0.129. The summed E-state index contributed by atoms with van der Waals surface area (Å²) in [6, 6.07) is 4.16. The average molecular weight is 306 g/mol. The summed E-state index contributed by atoms with van der Waals surface area (Å²) in [4.78, 5) is 7.13. The summed E-state index contributed by atoms with van der Waals surface area (Å²) >= 11 is 8.71. The Kier molecular flexibility index (Phi) is 3.16. The van der Waals surface area contributed by atoms with E-state index in [2.05, 4.69) is 25.9 Å². The Labute approximate surface area is 103 Å². The van der Waals surface area contributed by atoms with Crippen molar-refractivity contribution in [2.75, 3.05) is 0 Å². The van der Waals surface area contributed by atoms with Crippen LogP contribution in [-0.4, -0.2) is 9.97 Å². The van der Waals surface area contributed by atoms with E-state index in [1.165, 1.54) is 18.2 Å². The average Bonchev–Trinajstić information content (AvgIpc) is 2.25. The van der Waals surface area contributed by atoms with Crippen LogP contribution in [0.15, 0.2) is 28.9 Å². The molecule has 0 aliphatic rings. The third-order valence-corrected chi connectivity index (χ3v) is 2.57. The summed E-state index contributed by atoms with van der Waals surface area (Å²) in [7, 11) is 0. The Morgan fingerprint density at radius 1 is 1.19 bits per heavy atom. The predicted molar refractivity (Wildman–Crippen MR) is 60.1 cm³/mol. The van der Waals surface area contributed by atoms with Crippen molar-refractivity contribution in [3.8, 4) is 11.3 Å². The van der Waals surface area contributed by atoms with E-state index in [0.29, 0.717) is 4.47 Å². The highest BCUT2D eigenvalue weighted by Gasteiger charge is 2.13. The monoisotopic (exact) mass is 304 g/mol. The molecule has 1 aromatic heterocycles. The predicted octanol–water partition coefficient (Wildman–Crippen LogP) is 3.84. The fourth-order valence-corrected chi connectivity index (χ4v) is 1.71. The fraction of sp³-hybridized carbons (Fsp3) is 0. The maximum atomic E-state index is 13.5. The number of hydrogen-bond donors (Lipinski definition) is 0. The normalized spacial score (nSPS) is 10.5. The number of benzene rings is 1. The first-order valence-electron chi connectivity index (χ1n) is 4.21. The van der Waals surface area contributed by atoms with E-state index in [1.807, 2.05) is 0 Å². The molecule has 1 heterocycles. The van der Waals surface area contributed by atoms with E-state index in [1.54, 1.807) is 0 Å². The first-order valence-corrected chi connectivity index (χ1v) is 5.38. The molecule has 2 rings (SSSR count). The molecule has 2 aromatic rings. The molecule has 0 bridgehead atoms. The van der Waals surface area contributed by atoms with Crippen molar-refractivity contribution in [3.05, 3.63) is 45.8 Å². The van der Waals surface area contributed by atoms with Gasteiger partial charge in [-0.2, -0.15) is 0 Å². The van der Waals surface area contributed by atoms with Gasteiger partial charge in [0, 0.05) is 10.0 Å². The summed E-state index contributed by atoms with van der Waals surface area (Å²) < 4.78 is 27.5. The molecule has 16 heavy (non-hydrogen) atoms. The maximum absolute atomic E-state index is 13.5. The smallest absolute Gasteiger partial charge is 0.223 e. The van der Waals surface area contributed by atoms with Crippen LogP contribution in [0.4, 0.5) is 8.78 Å². The van der Waals surface area contributed by atoms with E-state index in [0.717, 1.165) is 6.20 Å². The molecule has 0 atom stereocenters. The van der Waals surface area contributed by atoms with Gasteiger partial charge >= 0.3 is 0 Å². The minimum atomic E-state index is -0.721. The van der Waals surface area contributed by atoms with Gasteiger partial charge in [0.25, 0.3) is 0 Å². The zero-order valence-corrected chi connectivity index (χ0v) is 10.1. The molecule has 0 fully saturated rings. The highest BCUT2D eigenvalue weighted by molar-refractivity contribution is 9.10. The van der Waals surface area contributed by atoms with Gasteiger partial charge in [-0.15, -0.1) is 0 Å². The van der Waals surface area contributed by atoms with Gasteiger partial charge in [-0.25, -0.2) is 18.7 Å². The van der Waals surface area contributed by atoms with Crippen LogP contribution >= 0.6 is 27.5 Å². The Morgan fingerprint density at radius 3 is 2.69 bits per heavy atom. The van der Waals surface area contributed by atoms with Crippen molar-refractivity contribution in [2.24, 2.45) is 0 Å². The van der Waals surface area contributed by atoms with Crippen LogP contribution in [0.1, 0.15) is 0 Å². The molecular weight excluding hydrogens is 301 g/mol. The molecule has 0 saturated heterocycles. The van der Waals surface area contributed by atoms with Crippen LogP contribution in [0.25, 0.3) is 11.3 Å². The molecule has 0 radical (unpaired) electrons. The van der Waals surface area contributed by atoms with Crippen molar-refractivity contribution in [1.82, 2.24) is 9.97 Å². The lowest BCUT2D eigenvalue weighted by atomic mass is 10.1. The Bertz CT molecular complexity index is 499. The third kappa shape index (κ3) is 2.20. The number of nitrogens with zero attached hydrogens (tertiary/aromatic N) is 2. The summed E-state index contributed by atoms with van der Waals surface area (Å²) in [6.07, 6.45) is 0.908. The van der Waals surface area contributed by atoms with Crippen LogP contribution in [0, 0.1) is 11.6 Å². The Hall–Kier alpha value is -1.07. The third-order valence-electron chi connectivity index (χ3n) is 1.90. The number of rotatable bonds is 1. The topological polar surface area (TPSA) is 25.8 Å². The highest BCUT2D eigenvalue weighted by atomic mass is 79.9. The lowest BCUT2D eigenvalue weighted by Crippen LogP contribution is -1.95. The van der Waals surface area contributed by atoms with E-state index < -0.39 is 11.6 Å². The lowest BCUT2D eigenvalue weighted by Gasteiger charge is -2.04. The molecule has 2 nitrogen and oxygen atoms in total. The standard InChI is InChI=1S/C10H4BrClF2N2/c11-5-1-2-7(13)6(3-5)9-8(14)4-15-10(12)16-9/h1-4H. The first-order chi connectivity index (χ1) is 7.58. The zero-order chi connectivity index (χ0) is 11.7. The van der Waals surface area contributed by atoms with E-state index in [9.17, 15) is 8.78 Å². The van der Waals surface area contributed by atoms with Crippen LogP contribution in [0.5, 0.6) is 0 Å². The molecule has 0 aliphatic carbocycles. The second-order valence-electron chi connectivity index (χ2n) is 2.96. The number of hydrogen-bond acceptors (Lipinski definition) is 2. The van der Waals surface area contributed by atoms with E-state index >= 15 is 0 Å². The molecule has 0 N–H and O–H groups in total. The quantitative estimate of drug-likeness (QED) is 0.748. The second-order valence-corrected chi connectivity index (χ2v) is 4.21. The van der Waals surface area contributed by atoms with Gasteiger partial charge in [0.1, 0.15) is 11.5 Å². The van der Waals surface area contributed by atoms with Gasteiger partial charge < -0.3 is 0 Å². The Balaban J connectivity index is 2.66. The SMILES string of the molecule is Fc1ccc(Br)cc1-c1nc(Cl)ncc1F. The van der Waals surface area contributed by atoms with Gasteiger partial charge in [0.15, 0.2) is 5.82 Å². The summed E-state index contributed by atoms with van der Waals surface area (Å²) in [6.45, 7) is 0. The zero-order valence-electron chi connectivity index (χ0n) is 7.72. The molecule has 0 aliphatic heterocycles. The molecule has 0 amide bonds.